The first kappa shape index (κ1) is 10.6. The lowest BCUT2D eigenvalue weighted by Gasteiger charge is -2.08. The Kier molecular flexibility index (Phi) is 3.11. The predicted molar refractivity (Wildman–Crippen MR) is 46.8 cm³/mol. The van der Waals surface area contributed by atoms with E-state index in [0.29, 0.717) is 0 Å². The lowest BCUT2D eigenvalue weighted by atomic mass is 10.2. The van der Waals surface area contributed by atoms with Gasteiger partial charge in [0.25, 0.3) is 5.91 Å². The van der Waals surface area contributed by atoms with Crippen LogP contribution < -0.4 is 5.32 Å². The third-order valence-electron chi connectivity index (χ3n) is 1.51. The van der Waals surface area contributed by atoms with Crippen molar-refractivity contribution in [3.63, 3.8) is 0 Å². The number of rotatable bonds is 2. The van der Waals surface area contributed by atoms with Gasteiger partial charge < -0.3 is 5.32 Å². The molecule has 1 aromatic heterocycles. The third kappa shape index (κ3) is 2.25. The SMILES string of the molecule is CC(C)NC(=O)c1ccnc(F)c1F. The molecular formula is C9H10F2N2O. The molecule has 1 aromatic rings. The highest BCUT2D eigenvalue weighted by atomic mass is 19.2. The Morgan fingerprint density at radius 2 is 2.14 bits per heavy atom. The summed E-state index contributed by atoms with van der Waals surface area (Å²) >= 11 is 0. The molecule has 0 saturated heterocycles. The highest BCUT2D eigenvalue weighted by Crippen LogP contribution is 2.08. The maximum absolute atomic E-state index is 13.0. The van der Waals surface area contributed by atoms with Gasteiger partial charge in [0.15, 0.2) is 5.82 Å². The highest BCUT2D eigenvalue weighted by molar-refractivity contribution is 5.94. The van der Waals surface area contributed by atoms with E-state index in [0.717, 1.165) is 12.3 Å². The van der Waals surface area contributed by atoms with E-state index in [1.165, 1.54) is 0 Å². The highest BCUT2D eigenvalue weighted by Gasteiger charge is 2.16. The molecule has 0 atom stereocenters. The molecule has 5 heteroatoms. The zero-order valence-electron chi connectivity index (χ0n) is 7.84. The zero-order valence-corrected chi connectivity index (χ0v) is 7.84. The number of carbonyl (C=O) groups excluding carboxylic acids is 1. The number of pyridine rings is 1. The molecule has 0 spiro atoms. The molecule has 3 nitrogen and oxygen atoms in total. The smallest absolute Gasteiger partial charge is 0.254 e. The molecule has 76 valence electrons. The van der Waals surface area contributed by atoms with Crippen LogP contribution in [0.5, 0.6) is 0 Å². The predicted octanol–water partition coefficient (Wildman–Crippen LogP) is 1.50. The molecule has 0 aliphatic rings. The van der Waals surface area contributed by atoms with Gasteiger partial charge in [0, 0.05) is 12.2 Å². The van der Waals surface area contributed by atoms with Crippen LogP contribution in [0.1, 0.15) is 24.2 Å². The normalized spacial score (nSPS) is 10.4. The molecule has 0 fully saturated rings. The topological polar surface area (TPSA) is 42.0 Å². The molecule has 0 saturated carbocycles. The number of hydrogen-bond donors (Lipinski definition) is 1. The van der Waals surface area contributed by atoms with Crippen LogP contribution in [0.2, 0.25) is 0 Å². The van der Waals surface area contributed by atoms with E-state index < -0.39 is 17.7 Å². The summed E-state index contributed by atoms with van der Waals surface area (Å²) < 4.78 is 25.6. The summed E-state index contributed by atoms with van der Waals surface area (Å²) in [5.41, 5.74) is -0.328. The van der Waals surface area contributed by atoms with Crippen LogP contribution in [0.4, 0.5) is 8.78 Å². The van der Waals surface area contributed by atoms with Gasteiger partial charge in [-0.15, -0.1) is 0 Å². The summed E-state index contributed by atoms with van der Waals surface area (Å²) in [7, 11) is 0. The van der Waals surface area contributed by atoms with Crippen LogP contribution in [0.15, 0.2) is 12.3 Å². The van der Waals surface area contributed by atoms with Crippen LogP contribution in [0.3, 0.4) is 0 Å². The van der Waals surface area contributed by atoms with Crippen molar-refractivity contribution in [2.24, 2.45) is 0 Å². The minimum absolute atomic E-state index is 0.127. The van der Waals surface area contributed by atoms with Gasteiger partial charge in [-0.25, -0.2) is 9.37 Å². The van der Waals surface area contributed by atoms with Crippen molar-refractivity contribution < 1.29 is 13.6 Å². The second-order valence-corrected chi connectivity index (χ2v) is 3.09. The van der Waals surface area contributed by atoms with Gasteiger partial charge in [-0.1, -0.05) is 0 Å². The standard InChI is InChI=1S/C9H10F2N2O/c1-5(2)13-9(14)6-3-4-12-8(11)7(6)10/h3-5H,1-2H3,(H,13,14). The van der Waals surface area contributed by atoms with E-state index in [4.69, 9.17) is 0 Å². The second kappa shape index (κ2) is 4.13. The van der Waals surface area contributed by atoms with Crippen LogP contribution in [0.25, 0.3) is 0 Å². The quantitative estimate of drug-likeness (QED) is 0.735. The molecule has 1 heterocycles. The van der Waals surface area contributed by atoms with Crippen molar-refractivity contribution in [3.05, 3.63) is 29.6 Å². The molecule has 1 N–H and O–H groups in total. The number of aromatic nitrogens is 1. The van der Waals surface area contributed by atoms with Gasteiger partial charge >= 0.3 is 0 Å². The van der Waals surface area contributed by atoms with Crippen molar-refractivity contribution in [3.8, 4) is 0 Å². The average Bonchev–Trinajstić information content (AvgIpc) is 2.08. The van der Waals surface area contributed by atoms with Crippen LogP contribution in [-0.4, -0.2) is 16.9 Å². The van der Waals surface area contributed by atoms with E-state index >= 15 is 0 Å². The fourth-order valence-corrected chi connectivity index (χ4v) is 0.934. The summed E-state index contributed by atoms with van der Waals surface area (Å²) in [6.45, 7) is 3.46. The summed E-state index contributed by atoms with van der Waals surface area (Å²) in [4.78, 5) is 14.4. The lowest BCUT2D eigenvalue weighted by molar-refractivity contribution is 0.0937. The molecule has 14 heavy (non-hydrogen) atoms. The zero-order chi connectivity index (χ0) is 10.7. The number of nitrogens with zero attached hydrogens (tertiary/aromatic N) is 1. The molecular weight excluding hydrogens is 190 g/mol. The minimum atomic E-state index is -1.26. The molecule has 1 rings (SSSR count). The Morgan fingerprint density at radius 3 is 2.71 bits per heavy atom. The van der Waals surface area contributed by atoms with Crippen LogP contribution in [-0.2, 0) is 0 Å². The molecule has 0 radical (unpaired) electrons. The van der Waals surface area contributed by atoms with Gasteiger partial charge in [-0.2, -0.15) is 4.39 Å². The first-order valence-electron chi connectivity index (χ1n) is 4.13. The van der Waals surface area contributed by atoms with E-state index in [1.54, 1.807) is 13.8 Å². The summed E-state index contributed by atoms with van der Waals surface area (Å²) in [6, 6.07) is 1.01. The van der Waals surface area contributed by atoms with Gasteiger partial charge in [0.05, 0.1) is 5.56 Å². The first-order valence-corrected chi connectivity index (χ1v) is 4.13. The van der Waals surface area contributed by atoms with E-state index in [1.807, 2.05) is 0 Å². The second-order valence-electron chi connectivity index (χ2n) is 3.09. The molecule has 0 aliphatic carbocycles. The fourth-order valence-electron chi connectivity index (χ4n) is 0.934. The molecule has 0 unspecified atom stereocenters. The van der Waals surface area contributed by atoms with Crippen molar-refractivity contribution >= 4 is 5.91 Å². The number of amides is 1. The minimum Gasteiger partial charge on any atom is -0.350 e. The van der Waals surface area contributed by atoms with Crippen molar-refractivity contribution in [1.82, 2.24) is 10.3 Å². The van der Waals surface area contributed by atoms with Crippen LogP contribution >= 0.6 is 0 Å². The van der Waals surface area contributed by atoms with E-state index in [9.17, 15) is 13.6 Å². The molecule has 0 aromatic carbocycles. The molecule has 0 bridgehead atoms. The molecule has 0 aliphatic heterocycles. The summed E-state index contributed by atoms with van der Waals surface area (Å²) in [6.07, 6.45) is 1.05. The number of hydrogen-bond acceptors (Lipinski definition) is 2. The maximum atomic E-state index is 13.0. The largest absolute Gasteiger partial charge is 0.350 e. The summed E-state index contributed by atoms with van der Waals surface area (Å²) in [5, 5.41) is 2.45. The first-order chi connectivity index (χ1) is 6.52. The van der Waals surface area contributed by atoms with Gasteiger partial charge in [0.1, 0.15) is 0 Å². The van der Waals surface area contributed by atoms with E-state index in [-0.39, 0.29) is 11.6 Å². The van der Waals surface area contributed by atoms with Crippen molar-refractivity contribution in [2.75, 3.05) is 0 Å². The average molecular weight is 200 g/mol. The van der Waals surface area contributed by atoms with Gasteiger partial charge in [-0.3, -0.25) is 4.79 Å². The Labute approximate surface area is 80.2 Å². The number of nitrogens with one attached hydrogen (secondary N) is 1. The third-order valence-corrected chi connectivity index (χ3v) is 1.51. The van der Waals surface area contributed by atoms with Crippen LogP contribution in [0, 0.1) is 11.8 Å². The molecule has 1 amide bonds. The lowest BCUT2D eigenvalue weighted by Crippen LogP contribution is -2.31. The fraction of sp³-hybridized carbons (Fsp3) is 0.333. The Morgan fingerprint density at radius 1 is 1.50 bits per heavy atom. The van der Waals surface area contributed by atoms with E-state index in [2.05, 4.69) is 10.3 Å². The van der Waals surface area contributed by atoms with Crippen molar-refractivity contribution in [1.29, 1.82) is 0 Å². The van der Waals surface area contributed by atoms with Gasteiger partial charge in [0.2, 0.25) is 5.95 Å². The maximum Gasteiger partial charge on any atom is 0.254 e. The Bertz CT molecular complexity index is 353. The Hall–Kier alpha value is -1.52. The summed E-state index contributed by atoms with van der Waals surface area (Å²) in [5.74, 6) is -3.12. The Balaban J connectivity index is 2.96. The van der Waals surface area contributed by atoms with Crippen molar-refractivity contribution in [2.45, 2.75) is 19.9 Å². The number of halogens is 2. The number of carbonyl (C=O) groups is 1. The monoisotopic (exact) mass is 200 g/mol. The van der Waals surface area contributed by atoms with Gasteiger partial charge in [-0.05, 0) is 19.9 Å².